The molecule has 0 spiro atoms. The Morgan fingerprint density at radius 1 is 0.679 bits per heavy atom. The van der Waals surface area contributed by atoms with Crippen LogP contribution in [0.2, 0.25) is 0 Å². The molecule has 0 amide bonds. The first-order chi connectivity index (χ1) is 13.0. The van der Waals surface area contributed by atoms with Crippen molar-refractivity contribution in [2.75, 3.05) is 0 Å². The Morgan fingerprint density at radius 3 is 1.18 bits per heavy atom. The summed E-state index contributed by atoms with van der Waals surface area (Å²) in [5.41, 5.74) is 0. The van der Waals surface area contributed by atoms with Crippen molar-refractivity contribution in [2.45, 2.75) is 0 Å². The van der Waals surface area contributed by atoms with Gasteiger partial charge in [0.05, 0.1) is 0 Å². The SMILES string of the molecule is N[Si]1(OC(=O)/C=C\C(=O)O[Si]2(N)OC(=O)C=CC(=O)O2)OC(=O)C=CC(=O)O1. The van der Waals surface area contributed by atoms with E-state index < -0.39 is 53.7 Å². The second kappa shape index (κ2) is 7.96. The Bertz CT molecular complexity index is 740. The lowest BCUT2D eigenvalue weighted by Gasteiger charge is -2.20. The zero-order valence-corrected chi connectivity index (χ0v) is 15.5. The van der Waals surface area contributed by atoms with Crippen LogP contribution in [-0.2, 0) is 55.3 Å². The quantitative estimate of drug-likeness (QED) is 0.331. The second-order valence-corrected chi connectivity index (χ2v) is 8.37. The van der Waals surface area contributed by atoms with Crippen molar-refractivity contribution in [3.63, 3.8) is 0 Å². The second-order valence-electron chi connectivity index (χ2n) is 4.73. The summed E-state index contributed by atoms with van der Waals surface area (Å²) in [6, 6.07) is 0. The van der Waals surface area contributed by atoms with Gasteiger partial charge in [-0.05, 0) is 0 Å². The number of carbonyl (C=O) groups is 6. The lowest BCUT2D eigenvalue weighted by Crippen LogP contribution is -2.58. The van der Waals surface area contributed by atoms with Crippen LogP contribution in [0.5, 0.6) is 0 Å². The molecule has 0 aromatic rings. The number of hydrogen-bond acceptors (Lipinski definition) is 14. The summed E-state index contributed by atoms with van der Waals surface area (Å²) in [5.74, 6) is -7.04. The minimum Gasteiger partial charge on any atom is -0.439 e. The molecule has 0 fully saturated rings. The molecule has 0 saturated heterocycles. The Kier molecular flexibility index (Phi) is 5.88. The molecule has 14 nitrogen and oxygen atoms in total. The Hall–Kier alpha value is -3.61. The van der Waals surface area contributed by atoms with Crippen LogP contribution in [0, 0.1) is 0 Å². The predicted octanol–water partition coefficient (Wildman–Crippen LogP) is -3.27. The third kappa shape index (κ3) is 5.98. The summed E-state index contributed by atoms with van der Waals surface area (Å²) in [6.45, 7) is 0. The smallest absolute Gasteiger partial charge is 0.439 e. The monoisotopic (exact) mass is 430 g/mol. The van der Waals surface area contributed by atoms with Crippen LogP contribution in [0.1, 0.15) is 0 Å². The fraction of sp³-hybridized carbons (Fsp3) is 0. The van der Waals surface area contributed by atoms with Crippen molar-refractivity contribution >= 4 is 53.7 Å². The number of hydrogen-bond donors (Lipinski definition) is 2. The first-order valence-electron chi connectivity index (χ1n) is 6.98. The fourth-order valence-corrected chi connectivity index (χ4v) is 3.92. The van der Waals surface area contributed by atoms with Crippen LogP contribution >= 0.6 is 0 Å². The Balaban J connectivity index is 1.97. The maximum Gasteiger partial charge on any atom is 0.807 e. The van der Waals surface area contributed by atoms with E-state index in [2.05, 4.69) is 26.6 Å². The summed E-state index contributed by atoms with van der Waals surface area (Å²) >= 11 is 0. The van der Waals surface area contributed by atoms with Crippen LogP contribution in [-0.4, -0.2) is 53.7 Å². The number of nitrogens with two attached hydrogens (primary N) is 2. The van der Waals surface area contributed by atoms with Gasteiger partial charge in [0.2, 0.25) is 0 Å². The molecule has 2 rings (SSSR count). The highest BCUT2D eigenvalue weighted by atomic mass is 28.4. The van der Waals surface area contributed by atoms with E-state index in [-0.39, 0.29) is 0 Å². The van der Waals surface area contributed by atoms with Gasteiger partial charge in [0.1, 0.15) is 0 Å². The largest absolute Gasteiger partial charge is 0.807 e. The summed E-state index contributed by atoms with van der Waals surface area (Å²) < 4.78 is 27.3. The molecule has 2 heterocycles. The molecule has 0 atom stereocenters. The van der Waals surface area contributed by atoms with Crippen molar-refractivity contribution < 1.29 is 55.3 Å². The molecule has 0 radical (unpaired) electrons. The number of rotatable bonds is 4. The number of carbonyl (C=O) groups excluding carboxylic acids is 6. The van der Waals surface area contributed by atoms with Crippen LogP contribution in [0.4, 0.5) is 0 Å². The highest BCUT2D eigenvalue weighted by Gasteiger charge is 2.52. The zero-order valence-electron chi connectivity index (χ0n) is 13.5. The van der Waals surface area contributed by atoms with Crippen molar-refractivity contribution in [1.82, 2.24) is 0 Å². The van der Waals surface area contributed by atoms with Crippen molar-refractivity contribution in [3.8, 4) is 0 Å². The van der Waals surface area contributed by atoms with Crippen LogP contribution in [0.3, 0.4) is 0 Å². The molecular formula is C12H10N2O12Si2. The van der Waals surface area contributed by atoms with E-state index in [1.807, 2.05) is 0 Å². The summed E-state index contributed by atoms with van der Waals surface area (Å²) in [7, 11) is -9.02. The van der Waals surface area contributed by atoms with Gasteiger partial charge in [-0.2, -0.15) is 0 Å². The van der Waals surface area contributed by atoms with Gasteiger partial charge in [-0.3, -0.25) is 0 Å². The van der Waals surface area contributed by atoms with Gasteiger partial charge in [-0.25, -0.2) is 39.6 Å². The van der Waals surface area contributed by atoms with E-state index in [9.17, 15) is 28.8 Å². The fourth-order valence-electron chi connectivity index (χ4n) is 1.58. The molecule has 0 aromatic heterocycles. The van der Waals surface area contributed by atoms with Crippen molar-refractivity contribution in [3.05, 3.63) is 36.5 Å². The van der Waals surface area contributed by atoms with Crippen molar-refractivity contribution in [1.29, 1.82) is 0 Å². The molecule has 0 aromatic carbocycles. The Labute approximate surface area is 157 Å². The average Bonchev–Trinajstić information content (AvgIpc) is 2.75. The molecule has 28 heavy (non-hydrogen) atoms. The van der Waals surface area contributed by atoms with Gasteiger partial charge in [0.15, 0.2) is 0 Å². The minimum absolute atomic E-state index is 0.459. The molecular weight excluding hydrogens is 420 g/mol. The van der Waals surface area contributed by atoms with E-state index in [0.29, 0.717) is 36.5 Å². The van der Waals surface area contributed by atoms with Crippen LogP contribution in [0.25, 0.3) is 0 Å². The summed E-state index contributed by atoms with van der Waals surface area (Å²) in [6.07, 6.45) is 3.75. The third-order valence-electron chi connectivity index (χ3n) is 2.52. The Morgan fingerprint density at radius 2 is 0.929 bits per heavy atom. The van der Waals surface area contributed by atoms with Gasteiger partial charge in [0, 0.05) is 36.5 Å². The maximum atomic E-state index is 11.7. The molecule has 0 unspecified atom stereocenters. The lowest BCUT2D eigenvalue weighted by molar-refractivity contribution is -0.147. The molecule has 148 valence electrons. The van der Waals surface area contributed by atoms with Gasteiger partial charge >= 0.3 is 53.7 Å². The normalized spacial score (nSPS) is 20.2. The lowest BCUT2D eigenvalue weighted by atomic mass is 10.5. The minimum atomic E-state index is -4.51. The van der Waals surface area contributed by atoms with Crippen molar-refractivity contribution in [2.24, 2.45) is 10.8 Å². The van der Waals surface area contributed by atoms with E-state index in [1.165, 1.54) is 0 Å². The highest BCUT2D eigenvalue weighted by molar-refractivity contribution is 6.64. The standard InChI is InChI=1S/C12H10N2O12Si2/c13-27(21-7(15)1-2-8(16)22-27)25-11(19)5-6-12(20)26-28(14)23-9(17)3-4-10(18)24-28/h1-6H,13-14H2/b6-5-. The van der Waals surface area contributed by atoms with E-state index in [4.69, 9.17) is 10.8 Å². The highest BCUT2D eigenvalue weighted by Crippen LogP contribution is 2.11. The van der Waals surface area contributed by atoms with Gasteiger partial charge in [-0.15, -0.1) is 0 Å². The summed E-state index contributed by atoms with van der Waals surface area (Å²) in [4.78, 5) is 68.5. The van der Waals surface area contributed by atoms with Crippen LogP contribution in [0.15, 0.2) is 36.5 Å². The predicted molar refractivity (Wildman–Crippen MR) is 83.9 cm³/mol. The van der Waals surface area contributed by atoms with Gasteiger partial charge in [0.25, 0.3) is 0 Å². The summed E-state index contributed by atoms with van der Waals surface area (Å²) in [5, 5.41) is 10.9. The first kappa shape index (κ1) is 20.7. The molecule has 16 heteroatoms. The average molecular weight is 430 g/mol. The molecule has 2 aliphatic rings. The molecule has 2 aliphatic heterocycles. The van der Waals surface area contributed by atoms with E-state index in [0.717, 1.165) is 0 Å². The topological polar surface area (TPSA) is 210 Å². The molecule has 0 aliphatic carbocycles. The maximum absolute atomic E-state index is 11.7. The van der Waals surface area contributed by atoms with E-state index >= 15 is 0 Å². The van der Waals surface area contributed by atoms with Crippen LogP contribution < -0.4 is 10.8 Å². The molecule has 0 saturated carbocycles. The molecule has 4 N–H and O–H groups in total. The van der Waals surface area contributed by atoms with Gasteiger partial charge in [-0.1, -0.05) is 0 Å². The van der Waals surface area contributed by atoms with E-state index in [1.54, 1.807) is 0 Å². The third-order valence-corrected chi connectivity index (χ3v) is 5.44. The molecule has 0 bridgehead atoms. The first-order valence-corrected chi connectivity index (χ1v) is 10.6. The zero-order chi connectivity index (χ0) is 20.9. The van der Waals surface area contributed by atoms with Gasteiger partial charge < -0.3 is 26.6 Å².